The summed E-state index contributed by atoms with van der Waals surface area (Å²) in [6, 6.07) is 10.1. The molecule has 0 aliphatic heterocycles. The SMILES string of the molecule is CCN(CC)CCOc1cccc(-c2nc(SC)nc3[nH]cc(C#N)c23)c1. The van der Waals surface area contributed by atoms with Crippen molar-refractivity contribution in [2.45, 2.75) is 19.0 Å². The maximum absolute atomic E-state index is 9.43. The highest BCUT2D eigenvalue weighted by Gasteiger charge is 2.15. The number of nitrogens with zero attached hydrogens (tertiary/aromatic N) is 4. The fourth-order valence-electron chi connectivity index (χ4n) is 2.97. The van der Waals surface area contributed by atoms with Gasteiger partial charge in [0.15, 0.2) is 5.16 Å². The minimum Gasteiger partial charge on any atom is -0.492 e. The first kappa shape index (κ1) is 19.2. The molecule has 0 amide bonds. The fourth-order valence-corrected chi connectivity index (χ4v) is 3.33. The van der Waals surface area contributed by atoms with Crippen molar-refractivity contribution in [3.8, 4) is 23.1 Å². The fraction of sp³-hybridized carbons (Fsp3) is 0.350. The van der Waals surface area contributed by atoms with Crippen LogP contribution in [-0.2, 0) is 0 Å². The summed E-state index contributed by atoms with van der Waals surface area (Å²) >= 11 is 1.47. The van der Waals surface area contributed by atoms with Gasteiger partial charge in [-0.25, -0.2) is 9.97 Å². The molecule has 7 heteroatoms. The number of fused-ring (bicyclic) bond motifs is 1. The lowest BCUT2D eigenvalue weighted by Crippen LogP contribution is -2.27. The van der Waals surface area contributed by atoms with Crippen molar-refractivity contribution in [1.29, 1.82) is 5.26 Å². The van der Waals surface area contributed by atoms with E-state index in [4.69, 9.17) is 4.74 Å². The number of H-pyrrole nitrogens is 1. The van der Waals surface area contributed by atoms with Crippen molar-refractivity contribution in [3.63, 3.8) is 0 Å². The summed E-state index contributed by atoms with van der Waals surface area (Å²) in [5.41, 5.74) is 2.87. The standard InChI is InChI=1S/C20H23N5OS/c1-4-25(5-2)9-10-26-16-8-6-7-14(11-16)18-17-15(12-21)13-22-19(17)24-20(23-18)27-3/h6-8,11,13H,4-5,9-10H2,1-3H3,(H,22,23,24). The Morgan fingerprint density at radius 2 is 2.07 bits per heavy atom. The van der Waals surface area contributed by atoms with Crippen molar-refractivity contribution in [1.82, 2.24) is 19.9 Å². The summed E-state index contributed by atoms with van der Waals surface area (Å²) in [7, 11) is 0. The van der Waals surface area contributed by atoms with E-state index in [1.807, 2.05) is 30.5 Å². The van der Waals surface area contributed by atoms with E-state index in [1.165, 1.54) is 11.8 Å². The van der Waals surface area contributed by atoms with Crippen molar-refractivity contribution in [2.75, 3.05) is 32.5 Å². The second-order valence-corrected chi connectivity index (χ2v) is 6.77. The molecule has 2 heterocycles. The maximum atomic E-state index is 9.43. The lowest BCUT2D eigenvalue weighted by Gasteiger charge is -2.18. The zero-order valence-electron chi connectivity index (χ0n) is 15.8. The van der Waals surface area contributed by atoms with Crippen LogP contribution in [-0.4, -0.2) is 52.3 Å². The lowest BCUT2D eigenvalue weighted by molar-refractivity contribution is 0.223. The molecule has 140 valence electrons. The highest BCUT2D eigenvalue weighted by atomic mass is 32.2. The second-order valence-electron chi connectivity index (χ2n) is 6.00. The van der Waals surface area contributed by atoms with Crippen molar-refractivity contribution in [3.05, 3.63) is 36.0 Å². The van der Waals surface area contributed by atoms with E-state index in [0.29, 0.717) is 23.0 Å². The Morgan fingerprint density at radius 1 is 1.26 bits per heavy atom. The van der Waals surface area contributed by atoms with Crippen LogP contribution in [0.4, 0.5) is 0 Å². The minimum atomic E-state index is 0.542. The normalized spacial score (nSPS) is 11.1. The van der Waals surface area contributed by atoms with Gasteiger partial charge in [-0.1, -0.05) is 37.7 Å². The molecule has 0 unspecified atom stereocenters. The molecular formula is C20H23N5OS. The molecule has 3 rings (SSSR count). The molecule has 0 bridgehead atoms. The quantitative estimate of drug-likeness (QED) is 0.470. The molecule has 1 aromatic carbocycles. The maximum Gasteiger partial charge on any atom is 0.189 e. The average molecular weight is 382 g/mol. The molecule has 0 aliphatic rings. The van der Waals surface area contributed by atoms with E-state index in [1.54, 1.807) is 6.20 Å². The number of rotatable bonds is 8. The summed E-state index contributed by atoms with van der Waals surface area (Å²) in [6.45, 7) is 7.85. The van der Waals surface area contributed by atoms with Gasteiger partial charge in [0, 0.05) is 18.3 Å². The van der Waals surface area contributed by atoms with Crippen LogP contribution in [0.1, 0.15) is 19.4 Å². The van der Waals surface area contributed by atoms with Gasteiger partial charge in [0.2, 0.25) is 0 Å². The van der Waals surface area contributed by atoms with Gasteiger partial charge in [0.25, 0.3) is 0 Å². The molecular weight excluding hydrogens is 358 g/mol. The zero-order chi connectivity index (χ0) is 19.2. The van der Waals surface area contributed by atoms with E-state index in [2.05, 4.69) is 39.8 Å². The zero-order valence-corrected chi connectivity index (χ0v) is 16.6. The molecule has 0 radical (unpaired) electrons. The van der Waals surface area contributed by atoms with Gasteiger partial charge in [-0.2, -0.15) is 5.26 Å². The number of nitrogens with one attached hydrogen (secondary N) is 1. The van der Waals surface area contributed by atoms with Gasteiger partial charge in [-0.15, -0.1) is 0 Å². The van der Waals surface area contributed by atoms with E-state index in [-0.39, 0.29) is 0 Å². The number of nitriles is 1. The molecule has 0 saturated heterocycles. The first-order valence-corrected chi connectivity index (χ1v) is 10.2. The first-order valence-electron chi connectivity index (χ1n) is 8.98. The predicted octanol–water partition coefficient (Wildman–Crippen LogP) is 3.94. The van der Waals surface area contributed by atoms with E-state index >= 15 is 0 Å². The summed E-state index contributed by atoms with van der Waals surface area (Å²) in [6.07, 6.45) is 3.61. The third kappa shape index (κ3) is 4.24. The summed E-state index contributed by atoms with van der Waals surface area (Å²) in [5.74, 6) is 0.797. The Bertz CT molecular complexity index is 959. The van der Waals surface area contributed by atoms with Gasteiger partial charge in [-0.05, 0) is 31.5 Å². The molecule has 0 aliphatic carbocycles. The number of thioether (sulfide) groups is 1. The number of aromatic amines is 1. The summed E-state index contributed by atoms with van der Waals surface area (Å²) in [4.78, 5) is 14.5. The van der Waals surface area contributed by atoms with Crippen molar-refractivity contribution in [2.24, 2.45) is 0 Å². The van der Waals surface area contributed by atoms with Gasteiger partial charge >= 0.3 is 0 Å². The second kappa shape index (κ2) is 8.89. The number of hydrogen-bond acceptors (Lipinski definition) is 6. The van der Waals surface area contributed by atoms with Crippen LogP contribution in [0.5, 0.6) is 5.75 Å². The van der Waals surface area contributed by atoms with Crippen LogP contribution in [0.3, 0.4) is 0 Å². The first-order chi connectivity index (χ1) is 13.2. The van der Waals surface area contributed by atoms with Crippen molar-refractivity contribution >= 4 is 22.8 Å². The van der Waals surface area contributed by atoms with Gasteiger partial charge in [-0.3, -0.25) is 0 Å². The van der Waals surface area contributed by atoms with Crippen LogP contribution < -0.4 is 4.74 Å². The summed E-state index contributed by atoms with van der Waals surface area (Å²) in [5, 5.41) is 10.8. The number of likely N-dealkylation sites (N-methyl/N-ethyl adjacent to an activating group) is 1. The van der Waals surface area contributed by atoms with Crippen LogP contribution in [0.2, 0.25) is 0 Å². The largest absolute Gasteiger partial charge is 0.492 e. The third-order valence-corrected chi connectivity index (χ3v) is 5.04. The molecule has 0 fully saturated rings. The molecule has 0 saturated carbocycles. The van der Waals surface area contributed by atoms with Crippen LogP contribution in [0, 0.1) is 11.3 Å². The number of hydrogen-bond donors (Lipinski definition) is 1. The molecule has 1 N–H and O–H groups in total. The third-order valence-electron chi connectivity index (χ3n) is 4.49. The van der Waals surface area contributed by atoms with Crippen LogP contribution in [0.25, 0.3) is 22.3 Å². The smallest absolute Gasteiger partial charge is 0.189 e. The summed E-state index contributed by atoms with van der Waals surface area (Å²) < 4.78 is 5.95. The number of ether oxygens (including phenoxy) is 1. The molecule has 3 aromatic rings. The highest BCUT2D eigenvalue weighted by molar-refractivity contribution is 7.98. The van der Waals surface area contributed by atoms with E-state index in [9.17, 15) is 5.26 Å². The molecule has 27 heavy (non-hydrogen) atoms. The molecule has 2 aromatic heterocycles. The minimum absolute atomic E-state index is 0.542. The molecule has 6 nitrogen and oxygen atoms in total. The Balaban J connectivity index is 1.93. The topological polar surface area (TPSA) is 77.8 Å². The average Bonchev–Trinajstić information content (AvgIpc) is 3.13. The molecule has 0 spiro atoms. The Morgan fingerprint density at radius 3 is 2.78 bits per heavy atom. The van der Waals surface area contributed by atoms with Crippen LogP contribution >= 0.6 is 11.8 Å². The number of benzene rings is 1. The van der Waals surface area contributed by atoms with E-state index in [0.717, 1.165) is 42.0 Å². The Labute approximate surface area is 163 Å². The highest BCUT2D eigenvalue weighted by Crippen LogP contribution is 2.31. The number of aromatic nitrogens is 3. The van der Waals surface area contributed by atoms with Gasteiger partial charge in [0.1, 0.15) is 24.1 Å². The predicted molar refractivity (Wildman–Crippen MR) is 109 cm³/mol. The van der Waals surface area contributed by atoms with Gasteiger partial charge in [0.05, 0.1) is 16.6 Å². The molecule has 0 atom stereocenters. The Kier molecular flexibility index (Phi) is 6.32. The lowest BCUT2D eigenvalue weighted by atomic mass is 10.1. The van der Waals surface area contributed by atoms with E-state index < -0.39 is 0 Å². The van der Waals surface area contributed by atoms with Crippen molar-refractivity contribution < 1.29 is 4.74 Å². The van der Waals surface area contributed by atoms with Crippen LogP contribution in [0.15, 0.2) is 35.6 Å². The van der Waals surface area contributed by atoms with Gasteiger partial charge < -0.3 is 14.6 Å². The Hall–Kier alpha value is -2.56. The monoisotopic (exact) mass is 381 g/mol.